The van der Waals surface area contributed by atoms with Gasteiger partial charge in [0.05, 0.1) is 11.6 Å². The quantitative estimate of drug-likeness (QED) is 0.638. The number of anilines is 2. The van der Waals surface area contributed by atoms with Crippen molar-refractivity contribution in [2.45, 2.75) is 19.6 Å². The molecule has 1 atom stereocenters. The molecule has 0 unspecified atom stereocenters. The maximum absolute atomic E-state index is 12.4. The van der Waals surface area contributed by atoms with Gasteiger partial charge in [0.25, 0.3) is 0 Å². The van der Waals surface area contributed by atoms with Crippen LogP contribution in [0.1, 0.15) is 18.1 Å². The molecule has 0 fully saturated rings. The molecule has 0 aliphatic heterocycles. The molecular weight excluding hydrogens is 350 g/mol. The van der Waals surface area contributed by atoms with Crippen molar-refractivity contribution < 1.29 is 9.53 Å². The van der Waals surface area contributed by atoms with E-state index in [9.17, 15) is 4.79 Å². The number of carbonyl (C=O) groups is 1. The first-order chi connectivity index (χ1) is 13.6. The maximum atomic E-state index is 12.4. The number of hydrogen-bond donors (Lipinski definition) is 2. The fourth-order valence-electron chi connectivity index (χ4n) is 2.62. The molecule has 0 aliphatic rings. The molecule has 0 saturated heterocycles. The second kappa shape index (κ2) is 9.24. The number of amides is 1. The van der Waals surface area contributed by atoms with Crippen LogP contribution in [0, 0.1) is 11.3 Å². The van der Waals surface area contributed by atoms with Gasteiger partial charge in [0, 0.05) is 11.4 Å². The summed E-state index contributed by atoms with van der Waals surface area (Å²) in [6.45, 7) is 2.29. The van der Waals surface area contributed by atoms with E-state index >= 15 is 0 Å². The van der Waals surface area contributed by atoms with Gasteiger partial charge >= 0.3 is 0 Å². The van der Waals surface area contributed by atoms with E-state index in [0.29, 0.717) is 17.9 Å². The molecule has 1 amide bonds. The second-order valence-corrected chi connectivity index (χ2v) is 6.35. The third-order valence-electron chi connectivity index (χ3n) is 4.14. The van der Waals surface area contributed by atoms with Crippen molar-refractivity contribution in [3.63, 3.8) is 0 Å². The summed E-state index contributed by atoms with van der Waals surface area (Å²) in [5.41, 5.74) is 3.03. The predicted octanol–water partition coefficient (Wildman–Crippen LogP) is 4.58. The number of rotatable bonds is 7. The average Bonchev–Trinajstić information content (AvgIpc) is 2.74. The topological polar surface area (TPSA) is 74.2 Å². The lowest BCUT2D eigenvalue weighted by atomic mass is 10.2. The maximum Gasteiger partial charge on any atom is 0.246 e. The minimum Gasteiger partial charge on any atom is -0.489 e. The lowest BCUT2D eigenvalue weighted by molar-refractivity contribution is -0.116. The van der Waals surface area contributed by atoms with Crippen LogP contribution in [-0.4, -0.2) is 11.9 Å². The Morgan fingerprint density at radius 3 is 2.46 bits per heavy atom. The van der Waals surface area contributed by atoms with Gasteiger partial charge in [0.1, 0.15) is 18.4 Å². The Kier molecular flexibility index (Phi) is 6.27. The van der Waals surface area contributed by atoms with E-state index in [1.165, 1.54) is 0 Å². The predicted molar refractivity (Wildman–Crippen MR) is 110 cm³/mol. The summed E-state index contributed by atoms with van der Waals surface area (Å²) in [7, 11) is 0. The minimum atomic E-state index is -0.443. The third-order valence-corrected chi connectivity index (χ3v) is 4.14. The van der Waals surface area contributed by atoms with Gasteiger partial charge in [-0.3, -0.25) is 4.79 Å². The highest BCUT2D eigenvalue weighted by atomic mass is 16.5. The number of nitriles is 1. The van der Waals surface area contributed by atoms with Crippen molar-refractivity contribution in [2.75, 3.05) is 10.6 Å². The number of nitrogens with zero attached hydrogens (tertiary/aromatic N) is 1. The molecule has 0 spiro atoms. The smallest absolute Gasteiger partial charge is 0.246 e. The molecule has 28 heavy (non-hydrogen) atoms. The first-order valence-electron chi connectivity index (χ1n) is 8.98. The lowest BCUT2D eigenvalue weighted by Gasteiger charge is -2.16. The Morgan fingerprint density at radius 1 is 1.00 bits per heavy atom. The van der Waals surface area contributed by atoms with Gasteiger partial charge in [0.15, 0.2) is 0 Å². The van der Waals surface area contributed by atoms with Crippen LogP contribution < -0.4 is 15.4 Å². The first kappa shape index (κ1) is 19.0. The van der Waals surface area contributed by atoms with Crippen LogP contribution in [0.2, 0.25) is 0 Å². The number of benzene rings is 3. The Labute approximate surface area is 164 Å². The van der Waals surface area contributed by atoms with E-state index in [-0.39, 0.29) is 5.91 Å². The van der Waals surface area contributed by atoms with Crippen molar-refractivity contribution in [1.29, 1.82) is 5.26 Å². The summed E-state index contributed by atoms with van der Waals surface area (Å²) in [6, 6.07) is 25.9. The van der Waals surface area contributed by atoms with Gasteiger partial charge in [0.2, 0.25) is 5.91 Å². The van der Waals surface area contributed by atoms with Gasteiger partial charge in [-0.15, -0.1) is 0 Å². The monoisotopic (exact) mass is 371 g/mol. The van der Waals surface area contributed by atoms with Gasteiger partial charge in [-0.2, -0.15) is 5.26 Å². The van der Waals surface area contributed by atoms with E-state index in [1.54, 1.807) is 31.2 Å². The Bertz CT molecular complexity index is 963. The van der Waals surface area contributed by atoms with Crippen LogP contribution in [0.5, 0.6) is 5.75 Å². The summed E-state index contributed by atoms with van der Waals surface area (Å²) in [5.74, 6) is 0.583. The third kappa shape index (κ3) is 5.36. The summed E-state index contributed by atoms with van der Waals surface area (Å²) < 4.78 is 5.77. The molecule has 0 aromatic heterocycles. The summed E-state index contributed by atoms with van der Waals surface area (Å²) >= 11 is 0. The molecule has 0 bridgehead atoms. The Hall–Kier alpha value is -3.78. The number of nitrogens with one attached hydrogen (secondary N) is 2. The molecule has 0 radical (unpaired) electrons. The Balaban J connectivity index is 1.52. The standard InChI is InChI=1S/C23H21N3O2/c1-17(23(27)26-21-9-5-8-19(14-21)15-24)25-20-10-12-22(13-11-20)28-16-18-6-3-2-4-7-18/h2-14,17,25H,16H2,1H3,(H,26,27)/t17-/m0/s1. The van der Waals surface area contributed by atoms with Crippen molar-refractivity contribution >= 4 is 17.3 Å². The second-order valence-electron chi connectivity index (χ2n) is 6.35. The minimum absolute atomic E-state index is 0.181. The van der Waals surface area contributed by atoms with Crippen LogP contribution >= 0.6 is 0 Å². The van der Waals surface area contributed by atoms with E-state index in [1.807, 2.05) is 54.6 Å². The molecule has 0 aliphatic carbocycles. The van der Waals surface area contributed by atoms with Crippen LogP contribution in [0.15, 0.2) is 78.9 Å². The average molecular weight is 371 g/mol. The van der Waals surface area contributed by atoms with E-state index < -0.39 is 6.04 Å². The van der Waals surface area contributed by atoms with Crippen LogP contribution in [0.25, 0.3) is 0 Å². The van der Waals surface area contributed by atoms with E-state index in [0.717, 1.165) is 17.0 Å². The zero-order chi connectivity index (χ0) is 19.8. The van der Waals surface area contributed by atoms with Crippen molar-refractivity contribution in [3.05, 3.63) is 90.0 Å². The van der Waals surface area contributed by atoms with Crippen LogP contribution in [0.3, 0.4) is 0 Å². The van der Waals surface area contributed by atoms with Crippen LogP contribution in [-0.2, 0) is 11.4 Å². The van der Waals surface area contributed by atoms with Gasteiger partial charge in [-0.05, 0) is 55.0 Å². The summed E-state index contributed by atoms with van der Waals surface area (Å²) in [6.07, 6.45) is 0. The summed E-state index contributed by atoms with van der Waals surface area (Å²) in [4.78, 5) is 12.4. The number of hydrogen-bond acceptors (Lipinski definition) is 4. The zero-order valence-electron chi connectivity index (χ0n) is 15.6. The number of ether oxygens (including phenoxy) is 1. The molecule has 3 rings (SSSR count). The Morgan fingerprint density at radius 2 is 1.75 bits per heavy atom. The fourth-order valence-corrected chi connectivity index (χ4v) is 2.62. The van der Waals surface area contributed by atoms with Gasteiger partial charge < -0.3 is 15.4 Å². The summed E-state index contributed by atoms with van der Waals surface area (Å²) in [5, 5.41) is 14.9. The zero-order valence-corrected chi connectivity index (χ0v) is 15.6. The van der Waals surface area contributed by atoms with Crippen molar-refractivity contribution in [1.82, 2.24) is 0 Å². The molecule has 3 aromatic rings. The molecule has 3 aromatic carbocycles. The van der Waals surface area contributed by atoms with Crippen molar-refractivity contribution in [3.8, 4) is 11.8 Å². The van der Waals surface area contributed by atoms with E-state index in [4.69, 9.17) is 10.00 Å². The largest absolute Gasteiger partial charge is 0.489 e. The highest BCUT2D eigenvalue weighted by molar-refractivity contribution is 5.96. The highest BCUT2D eigenvalue weighted by Crippen LogP contribution is 2.18. The van der Waals surface area contributed by atoms with Gasteiger partial charge in [-0.25, -0.2) is 0 Å². The van der Waals surface area contributed by atoms with E-state index in [2.05, 4.69) is 16.7 Å². The number of carbonyl (C=O) groups excluding carboxylic acids is 1. The first-order valence-corrected chi connectivity index (χ1v) is 8.98. The van der Waals surface area contributed by atoms with Crippen molar-refractivity contribution in [2.24, 2.45) is 0 Å². The molecule has 5 heteroatoms. The van der Waals surface area contributed by atoms with Gasteiger partial charge in [-0.1, -0.05) is 36.4 Å². The molecular formula is C23H21N3O2. The molecule has 140 valence electrons. The highest BCUT2D eigenvalue weighted by Gasteiger charge is 2.13. The molecule has 0 heterocycles. The lowest BCUT2D eigenvalue weighted by Crippen LogP contribution is -2.31. The molecule has 2 N–H and O–H groups in total. The SMILES string of the molecule is C[C@H](Nc1ccc(OCc2ccccc2)cc1)C(=O)Nc1cccc(C#N)c1. The molecule has 5 nitrogen and oxygen atoms in total. The fraction of sp³-hybridized carbons (Fsp3) is 0.130. The van der Waals surface area contributed by atoms with Crippen LogP contribution in [0.4, 0.5) is 11.4 Å². The molecule has 0 saturated carbocycles. The normalized spacial score (nSPS) is 11.1.